The molecule has 0 aliphatic heterocycles. The average molecular weight is 479 g/mol. The molecule has 0 radical (unpaired) electrons. The SMILES string of the molecule is CCOC(=O)c1c(-c2ccc(Cl)cc2)noc1NC(=O)CCCOc1ccc2ccccc2c1. The predicted octanol–water partition coefficient (Wildman–Crippen LogP) is 6.12. The van der Waals surface area contributed by atoms with Gasteiger partial charge in [-0.25, -0.2) is 4.79 Å². The number of halogens is 1. The second-order valence-corrected chi connectivity index (χ2v) is 7.91. The van der Waals surface area contributed by atoms with E-state index in [0.29, 0.717) is 23.6 Å². The van der Waals surface area contributed by atoms with Gasteiger partial charge in [0, 0.05) is 17.0 Å². The van der Waals surface area contributed by atoms with E-state index in [9.17, 15) is 9.59 Å². The average Bonchev–Trinajstić information content (AvgIpc) is 3.26. The van der Waals surface area contributed by atoms with Gasteiger partial charge in [0.2, 0.25) is 11.8 Å². The number of carbonyl (C=O) groups excluding carboxylic acids is 2. The molecule has 0 unspecified atom stereocenters. The Bertz CT molecular complexity index is 1300. The van der Waals surface area contributed by atoms with Gasteiger partial charge in [-0.05, 0) is 48.4 Å². The Balaban J connectivity index is 1.37. The fraction of sp³-hybridized carbons (Fsp3) is 0.192. The first-order valence-electron chi connectivity index (χ1n) is 10.9. The van der Waals surface area contributed by atoms with Crippen molar-refractivity contribution in [3.63, 3.8) is 0 Å². The molecule has 1 aromatic heterocycles. The second kappa shape index (κ2) is 10.9. The molecule has 4 aromatic rings. The van der Waals surface area contributed by atoms with Gasteiger partial charge in [-0.2, -0.15) is 0 Å². The van der Waals surface area contributed by atoms with Crippen LogP contribution in [0.3, 0.4) is 0 Å². The van der Waals surface area contributed by atoms with E-state index in [1.54, 1.807) is 31.2 Å². The Hall–Kier alpha value is -3.84. The summed E-state index contributed by atoms with van der Waals surface area (Å²) in [6, 6.07) is 20.7. The summed E-state index contributed by atoms with van der Waals surface area (Å²) in [7, 11) is 0. The van der Waals surface area contributed by atoms with Crippen molar-refractivity contribution in [2.75, 3.05) is 18.5 Å². The number of esters is 1. The number of hydrogen-bond acceptors (Lipinski definition) is 6. The standard InChI is InChI=1S/C26H23ClN2O5/c1-2-32-26(31)23-24(18-9-12-20(27)13-10-18)29-34-25(23)28-22(30)8-5-15-33-21-14-11-17-6-3-4-7-19(17)16-21/h3-4,6-7,9-14,16H,2,5,8,15H2,1H3,(H,28,30). The van der Waals surface area contributed by atoms with Crippen LogP contribution in [-0.2, 0) is 9.53 Å². The van der Waals surface area contributed by atoms with E-state index in [1.807, 2.05) is 42.5 Å². The van der Waals surface area contributed by atoms with Crippen LogP contribution < -0.4 is 10.1 Å². The first-order chi connectivity index (χ1) is 16.5. The summed E-state index contributed by atoms with van der Waals surface area (Å²) in [5.74, 6) is -0.273. The van der Waals surface area contributed by atoms with E-state index in [4.69, 9.17) is 25.6 Å². The monoisotopic (exact) mass is 478 g/mol. The number of nitrogens with zero attached hydrogens (tertiary/aromatic N) is 1. The van der Waals surface area contributed by atoms with Crippen molar-refractivity contribution >= 4 is 40.1 Å². The van der Waals surface area contributed by atoms with Gasteiger partial charge >= 0.3 is 5.97 Å². The van der Waals surface area contributed by atoms with Gasteiger partial charge in [0.15, 0.2) is 5.56 Å². The van der Waals surface area contributed by atoms with Crippen molar-refractivity contribution in [1.29, 1.82) is 0 Å². The molecule has 1 N–H and O–H groups in total. The third kappa shape index (κ3) is 5.55. The highest BCUT2D eigenvalue weighted by Gasteiger charge is 2.26. The van der Waals surface area contributed by atoms with Crippen molar-refractivity contribution in [2.24, 2.45) is 0 Å². The highest BCUT2D eigenvalue weighted by Crippen LogP contribution is 2.30. The lowest BCUT2D eigenvalue weighted by atomic mass is 10.1. The molecule has 0 saturated heterocycles. The number of benzene rings is 3. The maximum absolute atomic E-state index is 12.6. The Kier molecular flexibility index (Phi) is 7.44. The van der Waals surface area contributed by atoms with Gasteiger partial charge < -0.3 is 14.0 Å². The minimum absolute atomic E-state index is 0.0520. The fourth-order valence-corrected chi connectivity index (χ4v) is 3.57. The molecule has 0 aliphatic carbocycles. The molecule has 7 nitrogen and oxygen atoms in total. The largest absolute Gasteiger partial charge is 0.494 e. The minimum atomic E-state index is -0.636. The second-order valence-electron chi connectivity index (χ2n) is 7.47. The Morgan fingerprint density at radius 3 is 2.56 bits per heavy atom. The number of aromatic nitrogens is 1. The topological polar surface area (TPSA) is 90.7 Å². The zero-order valence-corrected chi connectivity index (χ0v) is 19.3. The molecule has 0 bridgehead atoms. The van der Waals surface area contributed by atoms with Crippen molar-refractivity contribution in [3.05, 3.63) is 77.3 Å². The molecule has 8 heteroatoms. The molecule has 34 heavy (non-hydrogen) atoms. The summed E-state index contributed by atoms with van der Waals surface area (Å²) in [5, 5.41) is 9.37. The summed E-state index contributed by atoms with van der Waals surface area (Å²) >= 11 is 5.95. The van der Waals surface area contributed by atoms with Crippen LogP contribution in [0.4, 0.5) is 5.88 Å². The number of amides is 1. The van der Waals surface area contributed by atoms with E-state index in [-0.39, 0.29) is 36.1 Å². The molecule has 174 valence electrons. The van der Waals surface area contributed by atoms with Gasteiger partial charge in [0.25, 0.3) is 0 Å². The van der Waals surface area contributed by atoms with Gasteiger partial charge in [0.1, 0.15) is 11.4 Å². The van der Waals surface area contributed by atoms with Crippen molar-refractivity contribution < 1.29 is 23.6 Å². The van der Waals surface area contributed by atoms with Crippen LogP contribution in [0.5, 0.6) is 5.75 Å². The lowest BCUT2D eigenvalue weighted by Crippen LogP contribution is -2.15. The van der Waals surface area contributed by atoms with Crippen LogP contribution in [0, 0.1) is 0 Å². The summed E-state index contributed by atoms with van der Waals surface area (Å²) in [4.78, 5) is 25.1. The predicted molar refractivity (Wildman–Crippen MR) is 130 cm³/mol. The molecular weight excluding hydrogens is 456 g/mol. The molecule has 0 saturated carbocycles. The number of fused-ring (bicyclic) bond motifs is 1. The van der Waals surface area contributed by atoms with E-state index >= 15 is 0 Å². The van der Waals surface area contributed by atoms with Crippen molar-refractivity contribution in [3.8, 4) is 17.0 Å². The van der Waals surface area contributed by atoms with Crippen molar-refractivity contribution in [1.82, 2.24) is 5.16 Å². The molecule has 1 amide bonds. The zero-order valence-electron chi connectivity index (χ0n) is 18.5. The Morgan fingerprint density at radius 2 is 1.79 bits per heavy atom. The Morgan fingerprint density at radius 1 is 1.03 bits per heavy atom. The molecular formula is C26H23ClN2O5. The molecule has 3 aromatic carbocycles. The Labute approximate surface area is 201 Å². The van der Waals surface area contributed by atoms with Gasteiger partial charge in [-0.1, -0.05) is 59.2 Å². The van der Waals surface area contributed by atoms with E-state index in [1.165, 1.54) is 0 Å². The molecule has 4 rings (SSSR count). The van der Waals surface area contributed by atoms with Crippen LogP contribution in [0.15, 0.2) is 71.3 Å². The number of rotatable bonds is 9. The van der Waals surface area contributed by atoms with Crippen LogP contribution in [-0.4, -0.2) is 30.2 Å². The molecule has 1 heterocycles. The first-order valence-corrected chi connectivity index (χ1v) is 11.3. The van der Waals surface area contributed by atoms with Crippen LogP contribution in [0.1, 0.15) is 30.1 Å². The van der Waals surface area contributed by atoms with Gasteiger partial charge in [0.05, 0.1) is 13.2 Å². The van der Waals surface area contributed by atoms with E-state index < -0.39 is 5.97 Å². The summed E-state index contributed by atoms with van der Waals surface area (Å²) in [6.07, 6.45) is 0.651. The number of anilines is 1. The van der Waals surface area contributed by atoms with Crippen LogP contribution in [0.2, 0.25) is 5.02 Å². The fourth-order valence-electron chi connectivity index (χ4n) is 3.44. The van der Waals surface area contributed by atoms with Gasteiger partial charge in [-0.3, -0.25) is 10.1 Å². The molecule has 0 atom stereocenters. The van der Waals surface area contributed by atoms with Crippen LogP contribution >= 0.6 is 11.6 Å². The van der Waals surface area contributed by atoms with E-state index in [0.717, 1.165) is 16.5 Å². The van der Waals surface area contributed by atoms with Crippen LogP contribution in [0.25, 0.3) is 22.0 Å². The van der Waals surface area contributed by atoms with Gasteiger partial charge in [-0.15, -0.1) is 0 Å². The normalized spacial score (nSPS) is 10.8. The third-order valence-corrected chi connectivity index (χ3v) is 5.33. The van der Waals surface area contributed by atoms with Crippen molar-refractivity contribution in [2.45, 2.75) is 19.8 Å². The highest BCUT2D eigenvalue weighted by atomic mass is 35.5. The lowest BCUT2D eigenvalue weighted by molar-refractivity contribution is -0.116. The number of nitrogens with one attached hydrogen (secondary N) is 1. The smallest absolute Gasteiger partial charge is 0.346 e. The molecule has 0 aliphatic rings. The summed E-state index contributed by atoms with van der Waals surface area (Å²) < 4.78 is 16.2. The maximum atomic E-state index is 12.6. The quantitative estimate of drug-likeness (QED) is 0.230. The van der Waals surface area contributed by atoms with E-state index in [2.05, 4.69) is 10.5 Å². The third-order valence-electron chi connectivity index (χ3n) is 5.08. The first kappa shape index (κ1) is 23.3. The number of hydrogen-bond donors (Lipinski definition) is 1. The zero-order chi connectivity index (χ0) is 23.9. The lowest BCUT2D eigenvalue weighted by Gasteiger charge is -2.08. The summed E-state index contributed by atoms with van der Waals surface area (Å²) in [5.41, 5.74) is 0.940. The number of carbonyl (C=O) groups is 2. The summed E-state index contributed by atoms with van der Waals surface area (Å²) in [6.45, 7) is 2.23. The molecule has 0 fully saturated rings. The number of ether oxygens (including phenoxy) is 2. The minimum Gasteiger partial charge on any atom is -0.494 e. The molecule has 0 spiro atoms. The highest BCUT2D eigenvalue weighted by molar-refractivity contribution is 6.30. The maximum Gasteiger partial charge on any atom is 0.346 e.